The Morgan fingerprint density at radius 3 is 2.17 bits per heavy atom. The van der Waals surface area contributed by atoms with Gasteiger partial charge in [-0.1, -0.05) is 30.3 Å². The molecule has 3 aromatic rings. The van der Waals surface area contributed by atoms with Crippen LogP contribution in [-0.4, -0.2) is 4.92 Å². The Labute approximate surface area is 137 Å². The first kappa shape index (κ1) is 15.5. The van der Waals surface area contributed by atoms with Crippen molar-refractivity contribution in [2.75, 3.05) is 11.5 Å². The molecule has 120 valence electrons. The minimum Gasteiger partial charge on any atom is -0.398 e. The molecular weight excluding hydrogens is 309 g/mol. The first-order valence-corrected chi connectivity index (χ1v) is 7.16. The number of hydrogen-bond donors (Lipinski definition) is 2. The number of benzene rings is 3. The predicted octanol–water partition coefficient (Wildman–Crippen LogP) is 4.23. The van der Waals surface area contributed by atoms with E-state index >= 15 is 0 Å². The van der Waals surface area contributed by atoms with Crippen molar-refractivity contribution in [1.82, 2.24) is 0 Å². The van der Waals surface area contributed by atoms with Crippen LogP contribution < -0.4 is 11.5 Å². The normalized spacial score (nSPS) is 10.5. The number of nitrogen functional groups attached to an aromatic ring is 2. The Balaban J connectivity index is 2.24. The van der Waals surface area contributed by atoms with Gasteiger partial charge < -0.3 is 11.5 Å². The van der Waals surface area contributed by atoms with Gasteiger partial charge in [0.2, 0.25) is 0 Å². The minimum atomic E-state index is -0.522. The highest BCUT2D eigenvalue weighted by Gasteiger charge is 2.20. The highest BCUT2D eigenvalue weighted by Crippen LogP contribution is 2.39. The third kappa shape index (κ3) is 2.65. The quantitative estimate of drug-likeness (QED) is 0.428. The van der Waals surface area contributed by atoms with Crippen molar-refractivity contribution in [3.8, 4) is 22.3 Å². The molecule has 0 spiro atoms. The van der Waals surface area contributed by atoms with E-state index in [-0.39, 0.29) is 5.69 Å². The standard InChI is InChI=1S/C18H14FN3O2/c19-14-5-2-1-4-12(14)11-8-9-13(17(10-11)22(23)24)18-15(20)6-3-7-16(18)21/h1-10H,20-21H2. The Hall–Kier alpha value is -3.41. The Bertz CT molecular complexity index is 921. The maximum absolute atomic E-state index is 14.0. The highest BCUT2D eigenvalue weighted by atomic mass is 19.1. The number of nitro groups is 1. The summed E-state index contributed by atoms with van der Waals surface area (Å²) in [6.45, 7) is 0. The van der Waals surface area contributed by atoms with Gasteiger partial charge in [-0.15, -0.1) is 0 Å². The molecule has 0 saturated carbocycles. The zero-order valence-corrected chi connectivity index (χ0v) is 12.6. The second-order valence-electron chi connectivity index (χ2n) is 5.28. The largest absolute Gasteiger partial charge is 0.398 e. The SMILES string of the molecule is Nc1cccc(N)c1-c1ccc(-c2ccccc2F)cc1[N+](=O)[O-]. The van der Waals surface area contributed by atoms with Crippen LogP contribution in [0.5, 0.6) is 0 Å². The molecule has 4 N–H and O–H groups in total. The van der Waals surface area contributed by atoms with Gasteiger partial charge in [-0.25, -0.2) is 4.39 Å². The lowest BCUT2D eigenvalue weighted by molar-refractivity contribution is -0.384. The van der Waals surface area contributed by atoms with E-state index in [0.717, 1.165) is 0 Å². The third-order valence-corrected chi connectivity index (χ3v) is 3.78. The van der Waals surface area contributed by atoms with Crippen molar-refractivity contribution in [2.24, 2.45) is 0 Å². The molecule has 0 fully saturated rings. The lowest BCUT2D eigenvalue weighted by atomic mass is 9.96. The van der Waals surface area contributed by atoms with Crippen LogP contribution >= 0.6 is 0 Å². The van der Waals surface area contributed by atoms with Crippen LogP contribution in [0.2, 0.25) is 0 Å². The summed E-state index contributed by atoms with van der Waals surface area (Å²) in [5, 5.41) is 11.5. The van der Waals surface area contributed by atoms with Crippen LogP contribution in [0.1, 0.15) is 0 Å². The summed E-state index contributed by atoms with van der Waals surface area (Å²) in [6.07, 6.45) is 0. The van der Waals surface area contributed by atoms with Crippen molar-refractivity contribution < 1.29 is 9.31 Å². The van der Waals surface area contributed by atoms with Gasteiger partial charge in [-0.05, 0) is 29.8 Å². The molecule has 0 aliphatic rings. The van der Waals surface area contributed by atoms with Gasteiger partial charge in [-0.2, -0.15) is 0 Å². The van der Waals surface area contributed by atoms with Gasteiger partial charge in [0.1, 0.15) is 5.82 Å². The molecule has 3 rings (SSSR count). The fraction of sp³-hybridized carbons (Fsp3) is 0. The van der Waals surface area contributed by atoms with Gasteiger partial charge in [0.15, 0.2) is 0 Å². The minimum absolute atomic E-state index is 0.180. The van der Waals surface area contributed by atoms with Crippen LogP contribution in [0.25, 0.3) is 22.3 Å². The first-order valence-electron chi connectivity index (χ1n) is 7.16. The summed E-state index contributed by atoms with van der Waals surface area (Å²) in [6, 6.07) is 15.5. The summed E-state index contributed by atoms with van der Waals surface area (Å²) < 4.78 is 14.0. The monoisotopic (exact) mass is 323 g/mol. The molecule has 0 radical (unpaired) electrons. The number of anilines is 2. The number of halogens is 1. The van der Waals surface area contributed by atoms with E-state index in [2.05, 4.69) is 0 Å². The van der Waals surface area contributed by atoms with E-state index in [4.69, 9.17) is 11.5 Å². The number of nitrogens with two attached hydrogens (primary N) is 2. The summed E-state index contributed by atoms with van der Waals surface area (Å²) in [5.41, 5.74) is 13.8. The topological polar surface area (TPSA) is 95.2 Å². The summed E-state index contributed by atoms with van der Waals surface area (Å²) in [4.78, 5) is 11.0. The first-order chi connectivity index (χ1) is 11.5. The Morgan fingerprint density at radius 1 is 0.875 bits per heavy atom. The van der Waals surface area contributed by atoms with E-state index in [1.165, 1.54) is 12.1 Å². The van der Waals surface area contributed by atoms with E-state index in [1.54, 1.807) is 48.5 Å². The average molecular weight is 323 g/mol. The number of rotatable bonds is 3. The molecule has 0 aliphatic carbocycles. The van der Waals surface area contributed by atoms with Crippen molar-refractivity contribution >= 4 is 17.1 Å². The lowest BCUT2D eigenvalue weighted by Crippen LogP contribution is -1.99. The fourth-order valence-corrected chi connectivity index (χ4v) is 2.66. The van der Waals surface area contributed by atoms with Gasteiger partial charge in [0, 0.05) is 28.6 Å². The highest BCUT2D eigenvalue weighted by molar-refractivity contribution is 5.92. The average Bonchev–Trinajstić information content (AvgIpc) is 2.55. The molecule has 0 heterocycles. The zero-order chi connectivity index (χ0) is 17.3. The molecule has 0 bridgehead atoms. The van der Waals surface area contributed by atoms with Crippen molar-refractivity contribution in [1.29, 1.82) is 0 Å². The summed E-state index contributed by atoms with van der Waals surface area (Å²) in [5.74, 6) is -0.446. The summed E-state index contributed by atoms with van der Waals surface area (Å²) in [7, 11) is 0. The second-order valence-corrected chi connectivity index (χ2v) is 5.28. The molecule has 6 heteroatoms. The van der Waals surface area contributed by atoms with Gasteiger partial charge >= 0.3 is 0 Å². The van der Waals surface area contributed by atoms with E-state index in [0.29, 0.717) is 33.6 Å². The maximum Gasteiger partial charge on any atom is 0.277 e. The van der Waals surface area contributed by atoms with Gasteiger partial charge in [0.25, 0.3) is 5.69 Å². The molecule has 0 atom stereocenters. The molecule has 24 heavy (non-hydrogen) atoms. The third-order valence-electron chi connectivity index (χ3n) is 3.78. The molecule has 0 aliphatic heterocycles. The van der Waals surface area contributed by atoms with Crippen LogP contribution in [0.15, 0.2) is 60.7 Å². The number of nitro benzene ring substituents is 1. The molecular formula is C18H14FN3O2. The number of nitrogens with zero attached hydrogens (tertiary/aromatic N) is 1. The maximum atomic E-state index is 14.0. The predicted molar refractivity (Wildman–Crippen MR) is 92.8 cm³/mol. The zero-order valence-electron chi connectivity index (χ0n) is 12.6. The van der Waals surface area contributed by atoms with Gasteiger partial charge in [-0.3, -0.25) is 10.1 Å². The lowest BCUT2D eigenvalue weighted by Gasteiger charge is -2.11. The smallest absolute Gasteiger partial charge is 0.277 e. The van der Waals surface area contributed by atoms with Crippen molar-refractivity contribution in [2.45, 2.75) is 0 Å². The van der Waals surface area contributed by atoms with Crippen molar-refractivity contribution in [3.05, 3.63) is 76.6 Å². The van der Waals surface area contributed by atoms with E-state index in [9.17, 15) is 14.5 Å². The molecule has 0 amide bonds. The Morgan fingerprint density at radius 2 is 1.54 bits per heavy atom. The molecule has 0 saturated heterocycles. The molecule has 0 unspecified atom stereocenters. The second kappa shape index (κ2) is 6.00. The van der Waals surface area contributed by atoms with Crippen molar-refractivity contribution in [3.63, 3.8) is 0 Å². The van der Waals surface area contributed by atoms with Crippen LogP contribution in [-0.2, 0) is 0 Å². The fourth-order valence-electron chi connectivity index (χ4n) is 2.66. The van der Waals surface area contributed by atoms with E-state index < -0.39 is 10.7 Å². The van der Waals surface area contributed by atoms with Crippen LogP contribution in [0.4, 0.5) is 21.5 Å². The van der Waals surface area contributed by atoms with Crippen LogP contribution in [0, 0.1) is 15.9 Å². The van der Waals surface area contributed by atoms with Gasteiger partial charge in [0.05, 0.1) is 10.5 Å². The molecule has 3 aromatic carbocycles. The molecule has 0 aromatic heterocycles. The van der Waals surface area contributed by atoms with Crippen LogP contribution in [0.3, 0.4) is 0 Å². The Kier molecular flexibility index (Phi) is 3.87. The number of hydrogen-bond acceptors (Lipinski definition) is 4. The van der Waals surface area contributed by atoms with E-state index in [1.807, 2.05) is 0 Å². The summed E-state index contributed by atoms with van der Waals surface area (Å²) >= 11 is 0. The molecule has 5 nitrogen and oxygen atoms in total.